The Morgan fingerprint density at radius 3 is 2.04 bits per heavy atom. The van der Waals surface area contributed by atoms with Crippen molar-refractivity contribution in [3.8, 4) is 0 Å². The van der Waals surface area contributed by atoms with Crippen molar-refractivity contribution in [2.24, 2.45) is 0 Å². The van der Waals surface area contributed by atoms with Gasteiger partial charge in [-0.05, 0) is 48.4 Å². The van der Waals surface area contributed by atoms with Gasteiger partial charge in [0.2, 0.25) is 0 Å². The number of H-pyrrole nitrogens is 1. The number of hydrogen-bond donors (Lipinski definition) is 1. The molecule has 1 atom stereocenters. The van der Waals surface area contributed by atoms with Gasteiger partial charge in [-0.3, -0.25) is 0 Å². The fourth-order valence-corrected chi connectivity index (χ4v) is 12.7. The van der Waals surface area contributed by atoms with Gasteiger partial charge in [-0.2, -0.15) is 0 Å². The molecule has 2 aromatic rings. The minimum atomic E-state index is -1.66. The van der Waals surface area contributed by atoms with Crippen LogP contribution in [0.4, 0.5) is 0 Å². The molecule has 2 rings (SSSR count). The third kappa shape index (κ3) is 2.87. The van der Waals surface area contributed by atoms with Gasteiger partial charge in [0, 0.05) is 23.4 Å². The summed E-state index contributed by atoms with van der Waals surface area (Å²) in [7, 11) is 2.83. The predicted octanol–water partition coefficient (Wildman–Crippen LogP) is 5.38. The molecule has 0 saturated carbocycles. The molecule has 0 aliphatic rings. The SMILES string of the molecule is CC(C)[Si](C(C)C)(C(C)C)C(c1c[nH]c2ncccc12)N(C)C. The summed E-state index contributed by atoms with van der Waals surface area (Å²) in [6, 6.07) is 4.26. The molecule has 0 fully saturated rings. The summed E-state index contributed by atoms with van der Waals surface area (Å²) < 4.78 is 0. The van der Waals surface area contributed by atoms with Crippen LogP contribution in [0.5, 0.6) is 0 Å². The first-order chi connectivity index (χ1) is 10.7. The van der Waals surface area contributed by atoms with E-state index in [-0.39, 0.29) is 0 Å². The molecular weight excluding hydrogens is 298 g/mol. The second kappa shape index (κ2) is 6.77. The smallest absolute Gasteiger partial charge is 0.137 e. The Hall–Kier alpha value is -1.13. The van der Waals surface area contributed by atoms with E-state index in [4.69, 9.17) is 0 Å². The third-order valence-corrected chi connectivity index (χ3v) is 13.5. The third-order valence-electron chi connectivity index (χ3n) is 5.77. The van der Waals surface area contributed by atoms with Crippen LogP contribution < -0.4 is 0 Å². The maximum absolute atomic E-state index is 4.50. The number of fused-ring (bicyclic) bond motifs is 1. The molecule has 0 saturated heterocycles. The van der Waals surface area contributed by atoms with Gasteiger partial charge >= 0.3 is 0 Å². The van der Waals surface area contributed by atoms with Gasteiger partial charge in [0.05, 0.1) is 8.07 Å². The van der Waals surface area contributed by atoms with Crippen LogP contribution in [0.25, 0.3) is 11.0 Å². The summed E-state index contributed by atoms with van der Waals surface area (Å²) in [6.45, 7) is 14.6. The molecule has 0 aliphatic heterocycles. The summed E-state index contributed by atoms with van der Waals surface area (Å²) in [6.07, 6.45) is 4.07. The lowest BCUT2D eigenvalue weighted by Crippen LogP contribution is -2.55. The average molecular weight is 332 g/mol. The maximum Gasteiger partial charge on any atom is 0.137 e. The van der Waals surface area contributed by atoms with E-state index in [2.05, 4.69) is 88.8 Å². The highest BCUT2D eigenvalue weighted by atomic mass is 28.3. The van der Waals surface area contributed by atoms with Crippen LogP contribution >= 0.6 is 0 Å². The fourth-order valence-electron chi connectivity index (χ4n) is 5.15. The quantitative estimate of drug-likeness (QED) is 0.720. The first-order valence-corrected chi connectivity index (χ1v) is 11.1. The van der Waals surface area contributed by atoms with Crippen LogP contribution in [0.3, 0.4) is 0 Å². The van der Waals surface area contributed by atoms with Crippen LogP contribution in [0.2, 0.25) is 16.6 Å². The topological polar surface area (TPSA) is 31.9 Å². The molecule has 0 aliphatic carbocycles. The highest BCUT2D eigenvalue weighted by molar-refractivity contribution is 6.84. The Morgan fingerprint density at radius 1 is 1.00 bits per heavy atom. The van der Waals surface area contributed by atoms with E-state index < -0.39 is 8.07 Å². The summed E-state index contributed by atoms with van der Waals surface area (Å²) >= 11 is 0. The maximum atomic E-state index is 4.50. The summed E-state index contributed by atoms with van der Waals surface area (Å²) in [5.74, 6) is 0. The van der Waals surface area contributed by atoms with E-state index in [9.17, 15) is 0 Å². The number of nitrogens with one attached hydrogen (secondary N) is 1. The van der Waals surface area contributed by atoms with Crippen molar-refractivity contribution in [1.29, 1.82) is 0 Å². The number of rotatable bonds is 6. The Balaban J connectivity index is 2.73. The van der Waals surface area contributed by atoms with Crippen LogP contribution in [0.15, 0.2) is 24.5 Å². The van der Waals surface area contributed by atoms with Gasteiger partial charge in [-0.1, -0.05) is 41.5 Å². The molecule has 4 heteroatoms. The van der Waals surface area contributed by atoms with Crippen LogP contribution in [0.1, 0.15) is 52.8 Å². The highest BCUT2D eigenvalue weighted by Crippen LogP contribution is 2.51. The normalized spacial score (nSPS) is 14.6. The highest BCUT2D eigenvalue weighted by Gasteiger charge is 2.51. The molecular formula is C19H33N3Si. The molecule has 128 valence electrons. The molecule has 3 nitrogen and oxygen atoms in total. The molecule has 23 heavy (non-hydrogen) atoms. The first kappa shape index (κ1) is 18.2. The predicted molar refractivity (Wildman–Crippen MR) is 104 cm³/mol. The molecule has 2 aromatic heterocycles. The van der Waals surface area contributed by atoms with Crippen LogP contribution in [-0.2, 0) is 0 Å². The summed E-state index contributed by atoms with van der Waals surface area (Å²) in [5, 5.41) is 1.28. The van der Waals surface area contributed by atoms with Crippen molar-refractivity contribution in [1.82, 2.24) is 14.9 Å². The van der Waals surface area contributed by atoms with Crippen molar-refractivity contribution in [2.75, 3.05) is 14.1 Å². The van der Waals surface area contributed by atoms with Crippen molar-refractivity contribution in [3.63, 3.8) is 0 Å². The molecule has 0 aromatic carbocycles. The van der Waals surface area contributed by atoms with Crippen molar-refractivity contribution >= 4 is 19.1 Å². The van der Waals surface area contributed by atoms with E-state index >= 15 is 0 Å². The summed E-state index contributed by atoms with van der Waals surface area (Å²) in [5.41, 5.74) is 5.08. The number of hydrogen-bond acceptors (Lipinski definition) is 2. The van der Waals surface area contributed by atoms with Crippen LogP contribution in [0, 0.1) is 0 Å². The molecule has 1 unspecified atom stereocenters. The largest absolute Gasteiger partial charge is 0.346 e. The Kier molecular flexibility index (Phi) is 5.36. The van der Waals surface area contributed by atoms with Gasteiger partial charge in [-0.15, -0.1) is 0 Å². The number of nitrogens with zero attached hydrogens (tertiary/aromatic N) is 2. The number of aromatic nitrogens is 2. The minimum absolute atomic E-state index is 0.487. The zero-order valence-corrected chi connectivity index (χ0v) is 17.0. The molecule has 0 amide bonds. The van der Waals surface area contributed by atoms with Crippen molar-refractivity contribution in [3.05, 3.63) is 30.1 Å². The van der Waals surface area contributed by atoms with E-state index in [1.807, 2.05) is 6.20 Å². The Labute approximate surface area is 142 Å². The van der Waals surface area contributed by atoms with Gasteiger partial charge in [0.1, 0.15) is 5.65 Å². The Bertz CT molecular complexity index is 621. The lowest BCUT2D eigenvalue weighted by molar-refractivity contribution is 0.359. The van der Waals surface area contributed by atoms with Gasteiger partial charge in [-0.25, -0.2) is 4.98 Å². The second-order valence-corrected chi connectivity index (χ2v) is 14.0. The monoisotopic (exact) mass is 331 g/mol. The van der Waals surface area contributed by atoms with E-state index in [0.29, 0.717) is 5.67 Å². The number of pyridine rings is 1. The zero-order valence-electron chi connectivity index (χ0n) is 16.0. The molecule has 1 N–H and O–H groups in total. The molecule has 0 radical (unpaired) electrons. The van der Waals surface area contributed by atoms with Crippen LogP contribution in [-0.4, -0.2) is 37.0 Å². The zero-order chi connectivity index (χ0) is 17.4. The standard InChI is InChI=1S/C19H33N3Si/c1-13(2)23(14(3)4,15(5)6)19(22(7)8)17-12-21-18-16(17)10-9-11-20-18/h9-15,19H,1-8H3,(H,20,21). The average Bonchev–Trinajstić information content (AvgIpc) is 2.86. The first-order valence-electron chi connectivity index (χ1n) is 8.82. The van der Waals surface area contributed by atoms with Gasteiger partial charge in [0.15, 0.2) is 0 Å². The van der Waals surface area contributed by atoms with Crippen molar-refractivity contribution in [2.45, 2.75) is 63.8 Å². The molecule has 0 spiro atoms. The second-order valence-electron chi connectivity index (χ2n) is 7.97. The molecule has 0 bridgehead atoms. The lowest BCUT2D eigenvalue weighted by atomic mass is 10.2. The molecule has 2 heterocycles. The van der Waals surface area contributed by atoms with E-state index in [1.165, 1.54) is 10.9 Å². The van der Waals surface area contributed by atoms with E-state index in [0.717, 1.165) is 22.3 Å². The Morgan fingerprint density at radius 2 is 1.57 bits per heavy atom. The van der Waals surface area contributed by atoms with E-state index in [1.54, 1.807) is 0 Å². The fraction of sp³-hybridized carbons (Fsp3) is 0.632. The van der Waals surface area contributed by atoms with Gasteiger partial charge < -0.3 is 9.88 Å². The number of aromatic amines is 1. The van der Waals surface area contributed by atoms with Crippen molar-refractivity contribution < 1.29 is 0 Å². The van der Waals surface area contributed by atoms with Gasteiger partial charge in [0.25, 0.3) is 0 Å². The minimum Gasteiger partial charge on any atom is -0.346 e. The summed E-state index contributed by atoms with van der Waals surface area (Å²) in [4.78, 5) is 10.4. The lowest BCUT2D eigenvalue weighted by Gasteiger charge is -2.51.